The number of hydrogen-bond acceptors (Lipinski definition) is 4. The van der Waals surface area contributed by atoms with Crippen molar-refractivity contribution in [2.24, 2.45) is 0 Å². The van der Waals surface area contributed by atoms with Crippen molar-refractivity contribution in [1.82, 2.24) is 5.32 Å². The van der Waals surface area contributed by atoms with Crippen molar-refractivity contribution in [2.45, 2.75) is 50.9 Å². The second-order valence-electron chi connectivity index (χ2n) is 4.76. The van der Waals surface area contributed by atoms with Crippen LogP contribution in [0.15, 0.2) is 0 Å². The van der Waals surface area contributed by atoms with E-state index < -0.39 is 16.9 Å². The summed E-state index contributed by atoms with van der Waals surface area (Å²) in [6.45, 7) is 6.38. The second kappa shape index (κ2) is 12.1. The first-order valence-electron chi connectivity index (χ1n) is 6.86. The van der Waals surface area contributed by atoms with Crippen LogP contribution >= 0.6 is 0 Å². The molecule has 3 atom stereocenters. The van der Waals surface area contributed by atoms with Gasteiger partial charge >= 0.3 is 0 Å². The summed E-state index contributed by atoms with van der Waals surface area (Å²) in [4.78, 5) is 0. The average molecular weight is 279 g/mol. The molecule has 0 spiro atoms. The van der Waals surface area contributed by atoms with Crippen molar-refractivity contribution in [1.29, 1.82) is 0 Å². The monoisotopic (exact) mass is 279 g/mol. The fraction of sp³-hybridized carbons (Fsp3) is 1.00. The SMILES string of the molecule is CCCCCCOCC(O)CNCC(C)S(C)=O. The predicted octanol–water partition coefficient (Wildman–Crippen LogP) is 1.30. The van der Waals surface area contributed by atoms with Gasteiger partial charge < -0.3 is 15.2 Å². The lowest BCUT2D eigenvalue weighted by Crippen LogP contribution is -2.35. The molecule has 0 saturated carbocycles. The summed E-state index contributed by atoms with van der Waals surface area (Å²) >= 11 is 0. The normalized spacial score (nSPS) is 16.4. The van der Waals surface area contributed by atoms with E-state index in [0.29, 0.717) is 19.7 Å². The molecular formula is C13H29NO3S. The van der Waals surface area contributed by atoms with E-state index in [1.54, 1.807) is 6.26 Å². The maximum absolute atomic E-state index is 11.1. The Morgan fingerprint density at radius 3 is 2.61 bits per heavy atom. The quantitative estimate of drug-likeness (QED) is 0.529. The fourth-order valence-corrected chi connectivity index (χ4v) is 1.83. The molecule has 0 amide bonds. The van der Waals surface area contributed by atoms with E-state index in [4.69, 9.17) is 4.74 Å². The maximum atomic E-state index is 11.1. The van der Waals surface area contributed by atoms with E-state index in [1.165, 1.54) is 19.3 Å². The Kier molecular flexibility index (Phi) is 12.1. The molecule has 0 saturated heterocycles. The first-order chi connectivity index (χ1) is 8.57. The molecule has 18 heavy (non-hydrogen) atoms. The fourth-order valence-electron chi connectivity index (χ4n) is 1.48. The zero-order valence-electron chi connectivity index (χ0n) is 12.0. The highest BCUT2D eigenvalue weighted by molar-refractivity contribution is 7.84. The number of unbranched alkanes of at least 4 members (excludes halogenated alkanes) is 3. The first-order valence-corrected chi connectivity index (χ1v) is 8.48. The van der Waals surface area contributed by atoms with Gasteiger partial charge in [0.1, 0.15) is 0 Å². The molecule has 0 aromatic heterocycles. The third-order valence-corrected chi connectivity index (χ3v) is 4.13. The van der Waals surface area contributed by atoms with Crippen LogP contribution in [0.25, 0.3) is 0 Å². The molecular weight excluding hydrogens is 250 g/mol. The van der Waals surface area contributed by atoms with E-state index in [9.17, 15) is 9.32 Å². The van der Waals surface area contributed by atoms with Gasteiger partial charge in [0, 0.05) is 42.0 Å². The number of nitrogens with one attached hydrogen (secondary N) is 1. The van der Waals surface area contributed by atoms with Crippen LogP contribution in [0.2, 0.25) is 0 Å². The highest BCUT2D eigenvalue weighted by atomic mass is 32.2. The van der Waals surface area contributed by atoms with E-state index in [0.717, 1.165) is 13.0 Å². The summed E-state index contributed by atoms with van der Waals surface area (Å²) in [6, 6.07) is 0. The molecule has 110 valence electrons. The van der Waals surface area contributed by atoms with Crippen LogP contribution in [0.1, 0.15) is 39.5 Å². The smallest absolute Gasteiger partial charge is 0.0897 e. The lowest BCUT2D eigenvalue weighted by Gasteiger charge is -2.14. The molecule has 0 aliphatic carbocycles. The third kappa shape index (κ3) is 11.1. The van der Waals surface area contributed by atoms with Crippen molar-refractivity contribution >= 4 is 10.8 Å². The summed E-state index contributed by atoms with van der Waals surface area (Å²) in [5, 5.41) is 12.9. The van der Waals surface area contributed by atoms with Crippen LogP contribution in [-0.2, 0) is 15.5 Å². The molecule has 3 unspecified atom stereocenters. The lowest BCUT2D eigenvalue weighted by molar-refractivity contribution is 0.0356. The van der Waals surface area contributed by atoms with Gasteiger partial charge in [-0.05, 0) is 13.3 Å². The molecule has 2 N–H and O–H groups in total. The Balaban J connectivity index is 3.32. The third-order valence-electron chi connectivity index (χ3n) is 2.83. The number of ether oxygens (including phenoxy) is 1. The van der Waals surface area contributed by atoms with Gasteiger partial charge in [0.05, 0.1) is 12.7 Å². The molecule has 0 heterocycles. The highest BCUT2D eigenvalue weighted by Crippen LogP contribution is 1.99. The summed E-state index contributed by atoms with van der Waals surface area (Å²) in [6.07, 6.45) is 5.96. The van der Waals surface area contributed by atoms with Gasteiger partial charge in [0.25, 0.3) is 0 Å². The van der Waals surface area contributed by atoms with Crippen molar-refractivity contribution in [3.8, 4) is 0 Å². The Morgan fingerprint density at radius 2 is 2.00 bits per heavy atom. The van der Waals surface area contributed by atoms with Crippen LogP contribution in [-0.4, -0.2) is 53.2 Å². The number of rotatable bonds is 12. The van der Waals surface area contributed by atoms with Gasteiger partial charge in [-0.15, -0.1) is 0 Å². The zero-order chi connectivity index (χ0) is 13.8. The Labute approximate surface area is 114 Å². The Bertz CT molecular complexity index is 214. The predicted molar refractivity (Wildman–Crippen MR) is 77.4 cm³/mol. The number of hydrogen-bond donors (Lipinski definition) is 2. The van der Waals surface area contributed by atoms with Gasteiger partial charge in [0.2, 0.25) is 0 Å². The van der Waals surface area contributed by atoms with Crippen molar-refractivity contribution in [3.05, 3.63) is 0 Å². The largest absolute Gasteiger partial charge is 0.389 e. The van der Waals surface area contributed by atoms with Crippen molar-refractivity contribution in [2.75, 3.05) is 32.6 Å². The van der Waals surface area contributed by atoms with Gasteiger partial charge in [-0.2, -0.15) is 0 Å². The van der Waals surface area contributed by atoms with Crippen LogP contribution in [0.3, 0.4) is 0 Å². The maximum Gasteiger partial charge on any atom is 0.0897 e. The molecule has 0 bridgehead atoms. The van der Waals surface area contributed by atoms with Crippen LogP contribution in [0.5, 0.6) is 0 Å². The van der Waals surface area contributed by atoms with Crippen molar-refractivity contribution in [3.63, 3.8) is 0 Å². The van der Waals surface area contributed by atoms with E-state index in [1.807, 2.05) is 6.92 Å². The first kappa shape index (κ1) is 18.0. The Hall–Kier alpha value is 0.0300. The number of aliphatic hydroxyl groups excluding tert-OH is 1. The minimum Gasteiger partial charge on any atom is -0.389 e. The van der Waals surface area contributed by atoms with Crippen LogP contribution < -0.4 is 5.32 Å². The summed E-state index contributed by atoms with van der Waals surface area (Å²) in [7, 11) is -0.811. The summed E-state index contributed by atoms with van der Waals surface area (Å²) < 4.78 is 16.5. The number of aliphatic hydroxyl groups is 1. The molecule has 0 aromatic rings. The van der Waals surface area contributed by atoms with Gasteiger partial charge in [-0.25, -0.2) is 0 Å². The van der Waals surface area contributed by atoms with Gasteiger partial charge in [-0.3, -0.25) is 4.21 Å². The molecule has 0 aromatic carbocycles. The minimum atomic E-state index is -0.811. The molecule has 4 nitrogen and oxygen atoms in total. The second-order valence-corrected chi connectivity index (χ2v) is 6.56. The molecule has 0 rings (SSSR count). The lowest BCUT2D eigenvalue weighted by atomic mass is 10.2. The Morgan fingerprint density at radius 1 is 1.28 bits per heavy atom. The highest BCUT2D eigenvalue weighted by Gasteiger charge is 2.08. The summed E-state index contributed by atoms with van der Waals surface area (Å²) in [5.74, 6) is 0. The molecule has 0 radical (unpaired) electrons. The summed E-state index contributed by atoms with van der Waals surface area (Å²) in [5.41, 5.74) is 0. The standard InChI is InChI=1S/C13H29NO3S/c1-4-5-6-7-8-17-11-13(15)10-14-9-12(2)18(3)16/h12-15H,4-11H2,1-3H3. The zero-order valence-corrected chi connectivity index (χ0v) is 12.8. The average Bonchev–Trinajstić information content (AvgIpc) is 2.33. The van der Waals surface area contributed by atoms with Crippen LogP contribution in [0, 0.1) is 0 Å². The van der Waals surface area contributed by atoms with Gasteiger partial charge in [-0.1, -0.05) is 26.2 Å². The van der Waals surface area contributed by atoms with Gasteiger partial charge in [0.15, 0.2) is 0 Å². The molecule has 0 fully saturated rings. The minimum absolute atomic E-state index is 0.118. The van der Waals surface area contributed by atoms with Crippen molar-refractivity contribution < 1.29 is 14.1 Å². The molecule has 0 aliphatic rings. The van der Waals surface area contributed by atoms with E-state index in [-0.39, 0.29) is 5.25 Å². The molecule has 5 heteroatoms. The molecule has 0 aliphatic heterocycles. The van der Waals surface area contributed by atoms with E-state index in [2.05, 4.69) is 12.2 Å². The topological polar surface area (TPSA) is 58.6 Å². The van der Waals surface area contributed by atoms with E-state index >= 15 is 0 Å². The van der Waals surface area contributed by atoms with Crippen LogP contribution in [0.4, 0.5) is 0 Å².